The summed E-state index contributed by atoms with van der Waals surface area (Å²) in [5, 5.41) is 10.8. The van der Waals surface area contributed by atoms with E-state index >= 15 is 0 Å². The van der Waals surface area contributed by atoms with Gasteiger partial charge in [0.1, 0.15) is 0 Å². The first-order valence-corrected chi connectivity index (χ1v) is 8.11. The summed E-state index contributed by atoms with van der Waals surface area (Å²) >= 11 is 6.09. The lowest BCUT2D eigenvalue weighted by atomic mass is 10.1. The third kappa shape index (κ3) is 4.78. The highest BCUT2D eigenvalue weighted by atomic mass is 35.5. The Hall–Kier alpha value is -1.91. The van der Waals surface area contributed by atoms with Crippen LogP contribution in [0.1, 0.15) is 37.0 Å². The summed E-state index contributed by atoms with van der Waals surface area (Å²) in [5.74, 6) is -0.338. The van der Waals surface area contributed by atoms with Crippen LogP contribution in [0, 0.1) is 0 Å². The molecule has 0 saturated heterocycles. The summed E-state index contributed by atoms with van der Waals surface area (Å²) in [7, 11) is 0. The highest BCUT2D eigenvalue weighted by Crippen LogP contribution is 2.24. The fourth-order valence-corrected chi connectivity index (χ4v) is 2.57. The van der Waals surface area contributed by atoms with Gasteiger partial charge in [0.15, 0.2) is 6.10 Å². The van der Waals surface area contributed by atoms with Gasteiger partial charge in [-0.1, -0.05) is 49.2 Å². The second-order valence-electron chi connectivity index (χ2n) is 5.40. The number of benzene rings is 1. The van der Waals surface area contributed by atoms with Crippen LogP contribution in [0.15, 0.2) is 48.8 Å². The van der Waals surface area contributed by atoms with Crippen LogP contribution < -0.4 is 0 Å². The van der Waals surface area contributed by atoms with E-state index in [1.54, 1.807) is 41.6 Å². The van der Waals surface area contributed by atoms with E-state index in [4.69, 9.17) is 11.6 Å². The van der Waals surface area contributed by atoms with Gasteiger partial charge in [0.05, 0.1) is 0 Å². The molecule has 0 aliphatic rings. The minimum atomic E-state index is -1.25. The van der Waals surface area contributed by atoms with Gasteiger partial charge in [-0.25, -0.2) is 0 Å². The molecule has 5 heteroatoms. The second kappa shape index (κ2) is 8.65. The van der Waals surface area contributed by atoms with E-state index in [9.17, 15) is 9.90 Å². The molecule has 0 aliphatic heterocycles. The lowest BCUT2D eigenvalue weighted by molar-refractivity contribution is -0.141. The lowest BCUT2D eigenvalue weighted by Crippen LogP contribution is -2.35. The van der Waals surface area contributed by atoms with Crippen molar-refractivity contribution in [2.24, 2.45) is 0 Å². The molecular formula is C18H21ClN2O2. The van der Waals surface area contributed by atoms with Crippen molar-refractivity contribution < 1.29 is 9.90 Å². The van der Waals surface area contributed by atoms with Gasteiger partial charge >= 0.3 is 0 Å². The van der Waals surface area contributed by atoms with E-state index in [1.807, 2.05) is 12.1 Å². The van der Waals surface area contributed by atoms with Crippen molar-refractivity contribution in [2.45, 2.75) is 32.4 Å². The first kappa shape index (κ1) is 17.4. The standard InChI is InChI=1S/C18H21ClN2O2/c1-2-3-11-21(13-14-7-6-10-20-12-14)18(23)17(22)15-8-4-5-9-16(15)19/h4-10,12,17,22H,2-3,11,13H2,1H3. The first-order chi connectivity index (χ1) is 11.1. The lowest BCUT2D eigenvalue weighted by Gasteiger charge is -2.25. The molecule has 0 radical (unpaired) electrons. The molecule has 1 heterocycles. The highest BCUT2D eigenvalue weighted by Gasteiger charge is 2.25. The average Bonchev–Trinajstić information content (AvgIpc) is 2.58. The zero-order chi connectivity index (χ0) is 16.7. The number of unbranched alkanes of at least 4 members (excludes halogenated alkanes) is 1. The van der Waals surface area contributed by atoms with Crippen LogP contribution in [-0.4, -0.2) is 27.4 Å². The Morgan fingerprint density at radius 2 is 2.09 bits per heavy atom. The van der Waals surface area contributed by atoms with Crippen LogP contribution in [0.4, 0.5) is 0 Å². The van der Waals surface area contributed by atoms with Gasteiger partial charge in [0.2, 0.25) is 0 Å². The largest absolute Gasteiger partial charge is 0.378 e. The number of rotatable bonds is 7. The third-order valence-electron chi connectivity index (χ3n) is 3.62. The van der Waals surface area contributed by atoms with Crippen LogP contribution in [0.5, 0.6) is 0 Å². The zero-order valence-corrected chi connectivity index (χ0v) is 13.9. The van der Waals surface area contributed by atoms with Gasteiger partial charge in [-0.2, -0.15) is 0 Å². The fourth-order valence-electron chi connectivity index (χ4n) is 2.33. The Kier molecular flexibility index (Phi) is 6.56. The first-order valence-electron chi connectivity index (χ1n) is 7.73. The molecule has 1 atom stereocenters. The summed E-state index contributed by atoms with van der Waals surface area (Å²) in [6.07, 6.45) is 4.02. The summed E-state index contributed by atoms with van der Waals surface area (Å²) in [6.45, 7) is 3.08. The molecule has 0 saturated carbocycles. The maximum Gasteiger partial charge on any atom is 0.256 e. The van der Waals surface area contributed by atoms with Gasteiger partial charge in [0.25, 0.3) is 5.91 Å². The Morgan fingerprint density at radius 3 is 2.74 bits per heavy atom. The molecule has 1 aromatic carbocycles. The Balaban J connectivity index is 2.17. The fraction of sp³-hybridized carbons (Fsp3) is 0.333. The van der Waals surface area contributed by atoms with Crippen molar-refractivity contribution in [3.8, 4) is 0 Å². The third-order valence-corrected chi connectivity index (χ3v) is 3.97. The number of carbonyl (C=O) groups is 1. The number of carbonyl (C=O) groups excluding carboxylic acids is 1. The topological polar surface area (TPSA) is 53.4 Å². The van der Waals surface area contributed by atoms with Gasteiger partial charge < -0.3 is 10.0 Å². The SMILES string of the molecule is CCCCN(Cc1cccnc1)C(=O)C(O)c1ccccc1Cl. The van der Waals surface area contributed by atoms with Crippen LogP contribution >= 0.6 is 11.6 Å². The average molecular weight is 333 g/mol. The number of aromatic nitrogens is 1. The van der Waals surface area contributed by atoms with Crippen molar-refractivity contribution >= 4 is 17.5 Å². The van der Waals surface area contributed by atoms with Gasteiger partial charge in [-0.15, -0.1) is 0 Å². The summed E-state index contributed by atoms with van der Waals surface area (Å²) in [4.78, 5) is 18.4. The molecule has 0 aliphatic carbocycles. The van der Waals surface area contributed by atoms with Crippen molar-refractivity contribution in [1.29, 1.82) is 0 Å². The number of nitrogens with zero attached hydrogens (tertiary/aromatic N) is 2. The number of halogens is 1. The minimum absolute atomic E-state index is 0.338. The molecular weight excluding hydrogens is 312 g/mol. The summed E-state index contributed by atoms with van der Waals surface area (Å²) in [6, 6.07) is 10.6. The molecule has 1 unspecified atom stereocenters. The molecule has 0 bridgehead atoms. The van der Waals surface area contributed by atoms with E-state index in [-0.39, 0.29) is 5.91 Å². The van der Waals surface area contributed by atoms with E-state index in [2.05, 4.69) is 11.9 Å². The molecule has 1 amide bonds. The zero-order valence-electron chi connectivity index (χ0n) is 13.2. The van der Waals surface area contributed by atoms with Crippen molar-refractivity contribution in [2.75, 3.05) is 6.54 Å². The molecule has 4 nitrogen and oxygen atoms in total. The Labute approximate surface area is 141 Å². The molecule has 1 N–H and O–H groups in total. The van der Waals surface area contributed by atoms with Gasteiger partial charge in [-0.05, 0) is 24.1 Å². The Bertz CT molecular complexity index is 634. The number of hydrogen-bond donors (Lipinski definition) is 1. The van der Waals surface area contributed by atoms with Gasteiger partial charge in [0, 0.05) is 36.1 Å². The van der Waals surface area contributed by atoms with E-state index in [0.29, 0.717) is 23.7 Å². The molecule has 0 spiro atoms. The molecule has 23 heavy (non-hydrogen) atoms. The number of aliphatic hydroxyl groups excluding tert-OH is 1. The highest BCUT2D eigenvalue weighted by molar-refractivity contribution is 6.31. The Morgan fingerprint density at radius 1 is 1.30 bits per heavy atom. The van der Waals surface area contributed by atoms with Gasteiger partial charge in [-0.3, -0.25) is 9.78 Å². The molecule has 2 aromatic rings. The maximum atomic E-state index is 12.7. The predicted molar refractivity (Wildman–Crippen MR) is 91.0 cm³/mol. The van der Waals surface area contributed by atoms with E-state index in [1.165, 1.54) is 0 Å². The molecule has 2 rings (SSSR count). The summed E-state index contributed by atoms with van der Waals surface area (Å²) in [5.41, 5.74) is 1.37. The van der Waals surface area contributed by atoms with Crippen LogP contribution in [0.3, 0.4) is 0 Å². The van der Waals surface area contributed by atoms with Crippen molar-refractivity contribution in [3.63, 3.8) is 0 Å². The normalized spacial score (nSPS) is 12.0. The summed E-state index contributed by atoms with van der Waals surface area (Å²) < 4.78 is 0. The van der Waals surface area contributed by atoms with Crippen LogP contribution in [-0.2, 0) is 11.3 Å². The number of aliphatic hydroxyl groups is 1. The molecule has 0 fully saturated rings. The maximum absolute atomic E-state index is 12.7. The van der Waals surface area contributed by atoms with Crippen molar-refractivity contribution in [3.05, 3.63) is 64.9 Å². The number of amides is 1. The quantitative estimate of drug-likeness (QED) is 0.843. The van der Waals surface area contributed by atoms with Crippen molar-refractivity contribution in [1.82, 2.24) is 9.88 Å². The molecule has 1 aromatic heterocycles. The van der Waals surface area contributed by atoms with E-state index < -0.39 is 6.10 Å². The second-order valence-corrected chi connectivity index (χ2v) is 5.81. The smallest absolute Gasteiger partial charge is 0.256 e. The van der Waals surface area contributed by atoms with E-state index in [0.717, 1.165) is 18.4 Å². The number of hydrogen-bond acceptors (Lipinski definition) is 3. The predicted octanol–water partition coefficient (Wildman–Crippen LogP) is 3.60. The monoisotopic (exact) mass is 332 g/mol. The van der Waals surface area contributed by atoms with Crippen LogP contribution in [0.25, 0.3) is 0 Å². The van der Waals surface area contributed by atoms with Crippen LogP contribution in [0.2, 0.25) is 5.02 Å². The molecule has 122 valence electrons. The minimum Gasteiger partial charge on any atom is -0.378 e. The number of pyridine rings is 1.